The number of hydrogen-bond acceptors (Lipinski definition) is 5. The van der Waals surface area contributed by atoms with Crippen molar-refractivity contribution in [1.29, 1.82) is 0 Å². The Hall–Kier alpha value is -2.73. The fourth-order valence-corrected chi connectivity index (χ4v) is 4.79. The van der Waals surface area contributed by atoms with Gasteiger partial charge in [-0.3, -0.25) is 9.36 Å². The predicted octanol–water partition coefficient (Wildman–Crippen LogP) is 5.17. The normalized spacial score (nSPS) is 15.0. The first-order valence-electron chi connectivity index (χ1n) is 9.32. The fraction of sp³-hybridized carbons (Fsp3) is 0.286. The summed E-state index contributed by atoms with van der Waals surface area (Å²) in [6, 6.07) is 10.3. The van der Waals surface area contributed by atoms with Gasteiger partial charge in [0.2, 0.25) is 5.95 Å². The van der Waals surface area contributed by atoms with Crippen LogP contribution in [0.5, 0.6) is 0 Å². The van der Waals surface area contributed by atoms with E-state index in [-0.39, 0.29) is 11.6 Å². The van der Waals surface area contributed by atoms with E-state index in [0.29, 0.717) is 5.95 Å². The second-order valence-electron chi connectivity index (χ2n) is 7.20. The average molecular weight is 376 g/mol. The molecular formula is C21H20N4OS. The van der Waals surface area contributed by atoms with E-state index in [1.807, 2.05) is 23.8 Å². The van der Waals surface area contributed by atoms with Gasteiger partial charge < -0.3 is 5.32 Å². The summed E-state index contributed by atoms with van der Waals surface area (Å²) in [5.41, 5.74) is 2.65. The Balaban J connectivity index is 1.60. The van der Waals surface area contributed by atoms with Crippen LogP contribution in [0.1, 0.15) is 37.3 Å². The van der Waals surface area contributed by atoms with E-state index in [0.717, 1.165) is 35.1 Å². The highest BCUT2D eigenvalue weighted by molar-refractivity contribution is 7.17. The molecule has 3 heterocycles. The molecule has 0 radical (unpaired) electrons. The van der Waals surface area contributed by atoms with Crippen molar-refractivity contribution in [1.82, 2.24) is 14.5 Å². The number of anilines is 2. The van der Waals surface area contributed by atoms with Gasteiger partial charge in [-0.2, -0.15) is 4.98 Å². The Morgan fingerprint density at radius 2 is 2.04 bits per heavy atom. The molecule has 0 bridgehead atoms. The van der Waals surface area contributed by atoms with E-state index in [1.165, 1.54) is 22.9 Å². The van der Waals surface area contributed by atoms with Gasteiger partial charge in [-0.15, -0.1) is 11.3 Å². The van der Waals surface area contributed by atoms with Gasteiger partial charge in [-0.25, -0.2) is 4.98 Å². The number of benzene rings is 1. The van der Waals surface area contributed by atoms with Crippen LogP contribution in [-0.2, 0) is 0 Å². The maximum atomic E-state index is 12.7. The molecule has 0 atom stereocenters. The molecule has 1 fully saturated rings. The number of hydrogen-bond donors (Lipinski definition) is 1. The van der Waals surface area contributed by atoms with Crippen molar-refractivity contribution < 1.29 is 0 Å². The largest absolute Gasteiger partial charge is 0.324 e. The smallest absolute Gasteiger partial charge is 0.252 e. The molecule has 1 saturated carbocycles. The van der Waals surface area contributed by atoms with Crippen LogP contribution in [0.3, 0.4) is 0 Å². The second-order valence-corrected chi connectivity index (χ2v) is 8.15. The second kappa shape index (κ2) is 6.46. The standard InChI is InChI=1S/C21H20N4OS/c1-13-10-19(26)25(16-4-2-3-5-16)20-17(13)12-22-21(24-20)23-15-6-7-18-14(11-15)8-9-27-18/h6-12,16H,2-5H2,1H3,(H,22,23,24). The average Bonchev–Trinajstić information content (AvgIpc) is 3.33. The molecule has 0 spiro atoms. The minimum Gasteiger partial charge on any atom is -0.324 e. The van der Waals surface area contributed by atoms with Gasteiger partial charge in [0.15, 0.2) is 0 Å². The van der Waals surface area contributed by atoms with Crippen molar-refractivity contribution in [2.75, 3.05) is 5.32 Å². The lowest BCUT2D eigenvalue weighted by atomic mass is 10.1. The molecular weight excluding hydrogens is 356 g/mol. The zero-order chi connectivity index (χ0) is 18.4. The Morgan fingerprint density at radius 1 is 1.19 bits per heavy atom. The van der Waals surface area contributed by atoms with Crippen LogP contribution in [0.4, 0.5) is 11.6 Å². The summed E-state index contributed by atoms with van der Waals surface area (Å²) < 4.78 is 3.13. The Labute approximate surface area is 160 Å². The van der Waals surface area contributed by atoms with Crippen LogP contribution in [0.2, 0.25) is 0 Å². The van der Waals surface area contributed by atoms with Crippen molar-refractivity contribution in [3.63, 3.8) is 0 Å². The lowest BCUT2D eigenvalue weighted by Gasteiger charge is -2.17. The molecule has 1 aliphatic carbocycles. The van der Waals surface area contributed by atoms with Gasteiger partial charge >= 0.3 is 0 Å². The van der Waals surface area contributed by atoms with Crippen molar-refractivity contribution in [2.24, 2.45) is 0 Å². The highest BCUT2D eigenvalue weighted by atomic mass is 32.1. The van der Waals surface area contributed by atoms with Gasteiger partial charge in [-0.1, -0.05) is 12.8 Å². The van der Waals surface area contributed by atoms with Crippen molar-refractivity contribution >= 4 is 44.1 Å². The van der Waals surface area contributed by atoms with E-state index in [4.69, 9.17) is 4.98 Å². The molecule has 1 aliphatic rings. The summed E-state index contributed by atoms with van der Waals surface area (Å²) >= 11 is 1.73. The molecule has 0 unspecified atom stereocenters. The van der Waals surface area contributed by atoms with Crippen molar-refractivity contribution in [3.8, 4) is 0 Å². The molecule has 3 aromatic heterocycles. The molecule has 5 rings (SSSR count). The third kappa shape index (κ3) is 2.90. The Bertz CT molecular complexity index is 1200. The lowest BCUT2D eigenvalue weighted by molar-refractivity contribution is 0.515. The third-order valence-electron chi connectivity index (χ3n) is 5.40. The third-order valence-corrected chi connectivity index (χ3v) is 6.30. The molecule has 0 amide bonds. The molecule has 27 heavy (non-hydrogen) atoms. The molecule has 1 aromatic carbocycles. The van der Waals surface area contributed by atoms with Crippen molar-refractivity contribution in [2.45, 2.75) is 38.6 Å². The van der Waals surface area contributed by atoms with Gasteiger partial charge in [-0.05, 0) is 60.4 Å². The number of nitrogens with zero attached hydrogens (tertiary/aromatic N) is 3. The molecule has 1 N–H and O–H groups in total. The fourth-order valence-electron chi connectivity index (χ4n) is 4.02. The SMILES string of the molecule is Cc1cc(=O)n(C2CCCC2)c2nc(Nc3ccc4sccc4c3)ncc12. The van der Waals surface area contributed by atoms with E-state index < -0.39 is 0 Å². The highest BCUT2D eigenvalue weighted by Gasteiger charge is 2.21. The molecule has 4 aromatic rings. The van der Waals surface area contributed by atoms with Crippen molar-refractivity contribution in [3.05, 3.63) is 57.8 Å². The van der Waals surface area contributed by atoms with Gasteiger partial charge in [0.25, 0.3) is 5.56 Å². The van der Waals surface area contributed by atoms with E-state index in [9.17, 15) is 4.79 Å². The number of pyridine rings is 1. The van der Waals surface area contributed by atoms with Crippen LogP contribution in [0.25, 0.3) is 21.1 Å². The summed E-state index contributed by atoms with van der Waals surface area (Å²) in [6.45, 7) is 1.95. The minimum atomic E-state index is 0.0382. The quantitative estimate of drug-likeness (QED) is 0.536. The number of nitrogens with one attached hydrogen (secondary N) is 1. The van der Waals surface area contributed by atoms with Crippen LogP contribution in [-0.4, -0.2) is 14.5 Å². The Kier molecular flexibility index (Phi) is 3.93. The topological polar surface area (TPSA) is 59.8 Å². The minimum absolute atomic E-state index is 0.0382. The van der Waals surface area contributed by atoms with Crippen LogP contribution >= 0.6 is 11.3 Å². The monoisotopic (exact) mass is 376 g/mol. The molecule has 5 nitrogen and oxygen atoms in total. The first kappa shape index (κ1) is 16.4. The number of aryl methyl sites for hydroxylation is 1. The summed E-state index contributed by atoms with van der Waals surface area (Å²) in [5, 5.41) is 7.53. The number of aromatic nitrogens is 3. The molecule has 0 aliphatic heterocycles. The lowest BCUT2D eigenvalue weighted by Crippen LogP contribution is -2.24. The van der Waals surface area contributed by atoms with Gasteiger partial charge in [0.05, 0.1) is 0 Å². The number of thiophene rings is 1. The maximum Gasteiger partial charge on any atom is 0.252 e. The zero-order valence-corrected chi connectivity index (χ0v) is 15.9. The van der Waals surface area contributed by atoms with Gasteiger partial charge in [0.1, 0.15) is 5.65 Å². The maximum absolute atomic E-state index is 12.7. The van der Waals surface area contributed by atoms with Crippen LogP contribution in [0, 0.1) is 6.92 Å². The zero-order valence-electron chi connectivity index (χ0n) is 15.1. The molecule has 6 heteroatoms. The number of rotatable bonds is 3. The van der Waals surface area contributed by atoms with Gasteiger partial charge in [0, 0.05) is 34.1 Å². The summed E-state index contributed by atoms with van der Waals surface area (Å²) in [4.78, 5) is 22.0. The van der Waals surface area contributed by atoms with E-state index >= 15 is 0 Å². The first-order valence-corrected chi connectivity index (χ1v) is 10.2. The van der Waals surface area contributed by atoms with Crippen LogP contribution < -0.4 is 10.9 Å². The van der Waals surface area contributed by atoms with Crippen LogP contribution in [0.15, 0.2) is 46.7 Å². The van der Waals surface area contributed by atoms with E-state index in [1.54, 1.807) is 17.4 Å². The van der Waals surface area contributed by atoms with E-state index in [2.05, 4.69) is 33.9 Å². The molecule has 0 saturated heterocycles. The molecule has 136 valence electrons. The summed E-state index contributed by atoms with van der Waals surface area (Å²) in [5.74, 6) is 0.522. The Morgan fingerprint density at radius 3 is 2.89 bits per heavy atom. The number of fused-ring (bicyclic) bond motifs is 2. The predicted molar refractivity (Wildman–Crippen MR) is 111 cm³/mol. The summed E-state index contributed by atoms with van der Waals surface area (Å²) in [6.07, 6.45) is 6.25. The first-order chi connectivity index (χ1) is 13.2. The summed E-state index contributed by atoms with van der Waals surface area (Å²) in [7, 11) is 0. The highest BCUT2D eigenvalue weighted by Crippen LogP contribution is 2.31.